The number of hydrogen-bond donors (Lipinski definition) is 1. The first-order valence-corrected chi connectivity index (χ1v) is 5.62. The second-order valence-electron chi connectivity index (χ2n) is 4.11. The number of nitrogens with zero attached hydrogens (tertiary/aromatic N) is 2. The molecule has 0 aliphatic rings. The molecule has 1 aromatic rings. The molecule has 0 saturated heterocycles. The van der Waals surface area contributed by atoms with Gasteiger partial charge < -0.3 is 10.2 Å². The summed E-state index contributed by atoms with van der Waals surface area (Å²) in [4.78, 5) is 12.3. The third kappa shape index (κ3) is 3.87. The second kappa shape index (κ2) is 5.84. The molecule has 0 unspecified atom stereocenters. The smallest absolute Gasteiger partial charge is 0.273 e. The molecule has 0 aliphatic heterocycles. The van der Waals surface area contributed by atoms with Crippen LogP contribution in [0.5, 0.6) is 0 Å². The van der Waals surface area contributed by atoms with Gasteiger partial charge in [0.15, 0.2) is 0 Å². The van der Waals surface area contributed by atoms with Gasteiger partial charge in [-0.25, -0.2) is 0 Å². The van der Waals surface area contributed by atoms with Crippen LogP contribution in [0.15, 0.2) is 12.1 Å². The zero-order chi connectivity index (χ0) is 13.0. The fourth-order valence-corrected chi connectivity index (χ4v) is 1.64. The summed E-state index contributed by atoms with van der Waals surface area (Å²) in [5, 5.41) is 14.2. The molecule has 94 valence electrons. The molecule has 0 aliphatic carbocycles. The summed E-state index contributed by atoms with van der Waals surface area (Å²) in [5.74, 6) is 0. The topological polar surface area (TPSA) is 58.4 Å². The number of nitro benzene ring substituents is 1. The summed E-state index contributed by atoms with van der Waals surface area (Å²) in [6.07, 6.45) is 0. The Balaban J connectivity index is 2.81. The molecule has 17 heavy (non-hydrogen) atoms. The summed E-state index contributed by atoms with van der Waals surface area (Å²) >= 11 is 5.98. The van der Waals surface area contributed by atoms with Gasteiger partial charge in [0, 0.05) is 24.7 Å². The molecule has 1 aromatic carbocycles. The van der Waals surface area contributed by atoms with Crippen LogP contribution in [0.1, 0.15) is 5.56 Å². The van der Waals surface area contributed by atoms with E-state index < -0.39 is 4.92 Å². The van der Waals surface area contributed by atoms with Crippen molar-refractivity contribution < 1.29 is 4.92 Å². The van der Waals surface area contributed by atoms with Crippen LogP contribution in [0.2, 0.25) is 5.02 Å². The minimum absolute atomic E-state index is 0.0492. The molecule has 0 heterocycles. The molecule has 0 amide bonds. The number of nitro groups is 1. The van der Waals surface area contributed by atoms with Crippen LogP contribution in [-0.2, 0) is 0 Å². The lowest BCUT2D eigenvalue weighted by Crippen LogP contribution is -2.20. The zero-order valence-corrected chi connectivity index (χ0v) is 10.9. The summed E-state index contributed by atoms with van der Waals surface area (Å²) in [6.45, 7) is 3.31. The van der Waals surface area contributed by atoms with Gasteiger partial charge >= 0.3 is 0 Å². The molecular formula is C11H16ClN3O2. The van der Waals surface area contributed by atoms with Gasteiger partial charge in [-0.3, -0.25) is 10.1 Å². The highest BCUT2D eigenvalue weighted by atomic mass is 35.5. The van der Waals surface area contributed by atoms with E-state index in [9.17, 15) is 10.1 Å². The first-order chi connectivity index (χ1) is 7.91. The number of anilines is 1. The molecule has 0 fully saturated rings. The number of halogens is 1. The van der Waals surface area contributed by atoms with Crippen molar-refractivity contribution in [1.82, 2.24) is 4.90 Å². The van der Waals surface area contributed by atoms with E-state index in [1.54, 1.807) is 13.0 Å². The number of nitrogens with one attached hydrogen (secondary N) is 1. The predicted octanol–water partition coefficient (Wildman–Crippen LogP) is 2.53. The van der Waals surface area contributed by atoms with Crippen LogP contribution in [0.4, 0.5) is 11.4 Å². The molecule has 0 saturated carbocycles. The molecule has 0 radical (unpaired) electrons. The minimum atomic E-state index is -0.426. The van der Waals surface area contributed by atoms with E-state index in [0.29, 0.717) is 10.6 Å². The zero-order valence-electron chi connectivity index (χ0n) is 10.2. The highest BCUT2D eigenvalue weighted by molar-refractivity contribution is 6.33. The highest BCUT2D eigenvalue weighted by Gasteiger charge is 2.13. The van der Waals surface area contributed by atoms with Crippen LogP contribution in [0.25, 0.3) is 0 Å². The Morgan fingerprint density at radius 3 is 2.65 bits per heavy atom. The largest absolute Gasteiger partial charge is 0.383 e. The van der Waals surface area contributed by atoms with Crippen molar-refractivity contribution in [3.8, 4) is 0 Å². The summed E-state index contributed by atoms with van der Waals surface area (Å²) in [6, 6.07) is 3.09. The lowest BCUT2D eigenvalue weighted by molar-refractivity contribution is -0.385. The van der Waals surface area contributed by atoms with Gasteiger partial charge in [0.1, 0.15) is 0 Å². The van der Waals surface area contributed by atoms with E-state index in [2.05, 4.69) is 5.32 Å². The molecule has 1 rings (SSSR count). The normalized spacial score (nSPS) is 10.6. The molecular weight excluding hydrogens is 242 g/mol. The predicted molar refractivity (Wildman–Crippen MR) is 69.9 cm³/mol. The van der Waals surface area contributed by atoms with Crippen LogP contribution in [-0.4, -0.2) is 37.0 Å². The van der Waals surface area contributed by atoms with Crippen LogP contribution >= 0.6 is 11.6 Å². The Bertz CT molecular complexity index is 421. The van der Waals surface area contributed by atoms with E-state index in [1.165, 1.54) is 6.07 Å². The number of benzene rings is 1. The van der Waals surface area contributed by atoms with Crippen molar-refractivity contribution in [3.05, 3.63) is 32.8 Å². The maximum Gasteiger partial charge on any atom is 0.273 e. The van der Waals surface area contributed by atoms with Gasteiger partial charge in [-0.2, -0.15) is 0 Å². The Labute approximate surface area is 106 Å². The molecule has 0 atom stereocenters. The van der Waals surface area contributed by atoms with Crippen molar-refractivity contribution in [3.63, 3.8) is 0 Å². The first-order valence-electron chi connectivity index (χ1n) is 5.25. The maximum atomic E-state index is 10.7. The standard InChI is InChI=1S/C11H16ClN3O2/c1-8-6-10(13-4-5-14(2)3)9(12)7-11(8)15(16)17/h6-7,13H,4-5H2,1-3H3. The third-order valence-corrected chi connectivity index (χ3v) is 2.67. The Morgan fingerprint density at radius 2 is 2.12 bits per heavy atom. The number of likely N-dealkylation sites (N-methyl/N-ethyl adjacent to an activating group) is 1. The molecule has 0 bridgehead atoms. The average molecular weight is 258 g/mol. The first kappa shape index (κ1) is 13.7. The van der Waals surface area contributed by atoms with Gasteiger partial charge in [0.05, 0.1) is 15.6 Å². The molecule has 5 nitrogen and oxygen atoms in total. The van der Waals surface area contributed by atoms with E-state index in [0.717, 1.165) is 18.8 Å². The van der Waals surface area contributed by atoms with E-state index in [1.807, 2.05) is 19.0 Å². The lowest BCUT2D eigenvalue weighted by Gasteiger charge is -2.13. The third-order valence-electron chi connectivity index (χ3n) is 2.36. The highest BCUT2D eigenvalue weighted by Crippen LogP contribution is 2.29. The van der Waals surface area contributed by atoms with E-state index in [4.69, 9.17) is 11.6 Å². The number of aryl methyl sites for hydroxylation is 1. The Kier molecular flexibility index (Phi) is 4.72. The van der Waals surface area contributed by atoms with Crippen molar-refractivity contribution in [2.45, 2.75) is 6.92 Å². The van der Waals surface area contributed by atoms with E-state index >= 15 is 0 Å². The number of rotatable bonds is 5. The molecule has 1 N–H and O–H groups in total. The Hall–Kier alpha value is -1.33. The van der Waals surface area contributed by atoms with Gasteiger partial charge in [0.2, 0.25) is 0 Å². The quantitative estimate of drug-likeness (QED) is 0.651. The molecule has 0 aromatic heterocycles. The van der Waals surface area contributed by atoms with Crippen LogP contribution in [0, 0.1) is 17.0 Å². The summed E-state index contributed by atoms with van der Waals surface area (Å²) in [7, 11) is 3.95. The fourth-order valence-electron chi connectivity index (χ4n) is 1.42. The van der Waals surface area contributed by atoms with Crippen molar-refractivity contribution in [1.29, 1.82) is 0 Å². The van der Waals surface area contributed by atoms with Gasteiger partial charge in [-0.05, 0) is 27.1 Å². The Morgan fingerprint density at radius 1 is 1.47 bits per heavy atom. The van der Waals surface area contributed by atoms with Gasteiger partial charge in [-0.1, -0.05) is 11.6 Å². The fraction of sp³-hybridized carbons (Fsp3) is 0.455. The monoisotopic (exact) mass is 257 g/mol. The van der Waals surface area contributed by atoms with Crippen molar-refractivity contribution in [2.75, 3.05) is 32.5 Å². The van der Waals surface area contributed by atoms with Crippen LogP contribution < -0.4 is 5.32 Å². The van der Waals surface area contributed by atoms with Gasteiger partial charge in [0.25, 0.3) is 5.69 Å². The average Bonchev–Trinajstić information content (AvgIpc) is 2.21. The summed E-state index contributed by atoms with van der Waals surface area (Å²) < 4.78 is 0. The number of hydrogen-bond acceptors (Lipinski definition) is 4. The van der Waals surface area contributed by atoms with Gasteiger partial charge in [-0.15, -0.1) is 0 Å². The van der Waals surface area contributed by atoms with Crippen molar-refractivity contribution in [2.24, 2.45) is 0 Å². The maximum absolute atomic E-state index is 10.7. The van der Waals surface area contributed by atoms with Crippen molar-refractivity contribution >= 4 is 23.0 Å². The lowest BCUT2D eigenvalue weighted by atomic mass is 10.2. The molecule has 6 heteroatoms. The molecule has 0 spiro atoms. The van der Waals surface area contributed by atoms with Crippen LogP contribution in [0.3, 0.4) is 0 Å². The summed E-state index contributed by atoms with van der Waals surface area (Å²) in [5.41, 5.74) is 1.39. The second-order valence-corrected chi connectivity index (χ2v) is 4.51. The van der Waals surface area contributed by atoms with E-state index in [-0.39, 0.29) is 5.69 Å². The minimum Gasteiger partial charge on any atom is -0.383 e. The SMILES string of the molecule is Cc1cc(NCCN(C)C)c(Cl)cc1[N+](=O)[O-].